The van der Waals surface area contributed by atoms with Crippen LogP contribution in [0.15, 0.2) is 18.5 Å². The van der Waals surface area contributed by atoms with Crippen molar-refractivity contribution in [3.05, 3.63) is 29.6 Å². The molecule has 114 valence electrons. The first-order chi connectivity index (χ1) is 9.74. The lowest BCUT2D eigenvalue weighted by Gasteiger charge is -2.31. The lowest BCUT2D eigenvalue weighted by atomic mass is 9.80. The van der Waals surface area contributed by atoms with E-state index in [1.807, 2.05) is 13.0 Å². The predicted octanol–water partition coefficient (Wildman–Crippen LogP) is 3.49. The molecule has 0 bridgehead atoms. The van der Waals surface area contributed by atoms with Gasteiger partial charge in [0, 0.05) is 25.4 Å². The molecule has 0 aliphatic carbocycles. The van der Waals surface area contributed by atoms with E-state index in [1.54, 1.807) is 17.3 Å². The summed E-state index contributed by atoms with van der Waals surface area (Å²) >= 11 is 0. The average Bonchev–Trinajstić information content (AvgIpc) is 2.89. The van der Waals surface area contributed by atoms with Crippen LogP contribution in [0.1, 0.15) is 50.3 Å². The number of rotatable bonds is 2. The van der Waals surface area contributed by atoms with E-state index in [9.17, 15) is 13.6 Å². The van der Waals surface area contributed by atoms with Crippen molar-refractivity contribution in [2.24, 2.45) is 5.41 Å². The zero-order valence-electron chi connectivity index (χ0n) is 12.6. The molecule has 1 amide bonds. The number of hydrogen-bond acceptors (Lipinski definition) is 2. The van der Waals surface area contributed by atoms with Gasteiger partial charge in [-0.2, -0.15) is 0 Å². The Morgan fingerprint density at radius 2 is 2.10 bits per heavy atom. The van der Waals surface area contributed by atoms with Gasteiger partial charge in [-0.15, -0.1) is 0 Å². The highest BCUT2D eigenvalue weighted by Crippen LogP contribution is 2.54. The zero-order chi connectivity index (χ0) is 15.4. The number of alkyl halides is 2. The van der Waals surface area contributed by atoms with Crippen LogP contribution in [0.5, 0.6) is 0 Å². The predicted molar refractivity (Wildman–Crippen MR) is 74.9 cm³/mol. The molecule has 0 N–H and O–H groups in total. The SMILES string of the molecule is Cc1cncc([C@@H]2CC[C@H]3C[C@@](C)(C(C)(F)F)C(=O)N32)c1. The molecule has 3 atom stereocenters. The molecule has 2 aliphatic rings. The molecule has 3 rings (SSSR count). The van der Waals surface area contributed by atoms with Crippen LogP contribution in [0, 0.1) is 12.3 Å². The number of aryl methyl sites for hydroxylation is 1. The quantitative estimate of drug-likeness (QED) is 0.836. The standard InChI is InChI=1S/C16H20F2N2O/c1-10-6-11(9-19-8-10)13-5-4-12-7-15(2,16(3,17)18)14(21)20(12)13/h6,8-9,12-13H,4-5,7H2,1-3H3/t12-,13-,15+/m0/s1. The number of amides is 1. The molecule has 0 aromatic carbocycles. The second-order valence-electron chi connectivity index (χ2n) is 6.68. The van der Waals surface area contributed by atoms with Gasteiger partial charge < -0.3 is 4.90 Å². The molecule has 21 heavy (non-hydrogen) atoms. The molecule has 5 heteroatoms. The van der Waals surface area contributed by atoms with E-state index in [0.29, 0.717) is 0 Å². The summed E-state index contributed by atoms with van der Waals surface area (Å²) in [7, 11) is 0. The van der Waals surface area contributed by atoms with Crippen molar-refractivity contribution in [3.63, 3.8) is 0 Å². The molecular formula is C16H20F2N2O. The molecular weight excluding hydrogens is 274 g/mol. The van der Waals surface area contributed by atoms with Crippen molar-refractivity contribution in [1.82, 2.24) is 9.88 Å². The summed E-state index contributed by atoms with van der Waals surface area (Å²) in [6, 6.07) is 1.81. The van der Waals surface area contributed by atoms with Crippen molar-refractivity contribution in [2.75, 3.05) is 0 Å². The van der Waals surface area contributed by atoms with Gasteiger partial charge >= 0.3 is 0 Å². The molecule has 2 fully saturated rings. The van der Waals surface area contributed by atoms with Gasteiger partial charge in [-0.3, -0.25) is 9.78 Å². The van der Waals surface area contributed by atoms with Crippen molar-refractivity contribution < 1.29 is 13.6 Å². The average molecular weight is 294 g/mol. The van der Waals surface area contributed by atoms with E-state index in [0.717, 1.165) is 30.9 Å². The van der Waals surface area contributed by atoms with Gasteiger partial charge in [0.2, 0.25) is 5.91 Å². The van der Waals surface area contributed by atoms with Crippen molar-refractivity contribution in [3.8, 4) is 0 Å². The molecule has 0 saturated carbocycles. The minimum Gasteiger partial charge on any atom is -0.332 e. The molecule has 0 radical (unpaired) electrons. The molecule has 1 aromatic rings. The third-order valence-corrected chi connectivity index (χ3v) is 5.10. The van der Waals surface area contributed by atoms with Gasteiger partial charge in [0.05, 0.1) is 6.04 Å². The van der Waals surface area contributed by atoms with Gasteiger partial charge in [0.25, 0.3) is 5.92 Å². The zero-order valence-corrected chi connectivity index (χ0v) is 12.6. The van der Waals surface area contributed by atoms with Gasteiger partial charge in [-0.25, -0.2) is 8.78 Å². The second-order valence-corrected chi connectivity index (χ2v) is 6.68. The van der Waals surface area contributed by atoms with E-state index in [1.165, 1.54) is 6.92 Å². The van der Waals surface area contributed by atoms with Crippen LogP contribution in [0.3, 0.4) is 0 Å². The Balaban J connectivity index is 1.95. The topological polar surface area (TPSA) is 33.2 Å². The Morgan fingerprint density at radius 3 is 2.71 bits per heavy atom. The van der Waals surface area contributed by atoms with E-state index >= 15 is 0 Å². The van der Waals surface area contributed by atoms with Crippen LogP contribution < -0.4 is 0 Å². The maximum absolute atomic E-state index is 13.9. The van der Waals surface area contributed by atoms with E-state index < -0.39 is 17.2 Å². The summed E-state index contributed by atoms with van der Waals surface area (Å²) in [4.78, 5) is 18.5. The third-order valence-electron chi connectivity index (χ3n) is 5.10. The fraction of sp³-hybridized carbons (Fsp3) is 0.625. The fourth-order valence-electron chi connectivity index (χ4n) is 3.69. The van der Waals surface area contributed by atoms with Crippen LogP contribution in [-0.4, -0.2) is 27.8 Å². The molecule has 0 spiro atoms. The summed E-state index contributed by atoms with van der Waals surface area (Å²) in [6.07, 6.45) is 5.35. The lowest BCUT2D eigenvalue weighted by molar-refractivity contribution is -0.156. The van der Waals surface area contributed by atoms with Crippen LogP contribution >= 0.6 is 0 Å². The Morgan fingerprint density at radius 1 is 1.38 bits per heavy atom. The number of carbonyl (C=O) groups is 1. The summed E-state index contributed by atoms with van der Waals surface area (Å²) < 4.78 is 27.8. The number of hydrogen-bond donors (Lipinski definition) is 0. The number of pyridine rings is 1. The van der Waals surface area contributed by atoms with Crippen molar-refractivity contribution in [1.29, 1.82) is 0 Å². The second kappa shape index (κ2) is 4.49. The largest absolute Gasteiger partial charge is 0.332 e. The highest BCUT2D eigenvalue weighted by Gasteiger charge is 2.62. The Kier molecular flexibility index (Phi) is 3.08. The monoisotopic (exact) mass is 294 g/mol. The number of aromatic nitrogens is 1. The maximum Gasteiger partial charge on any atom is 0.259 e. The van der Waals surface area contributed by atoms with Crippen LogP contribution in [0.2, 0.25) is 0 Å². The summed E-state index contributed by atoms with van der Waals surface area (Å²) in [5.41, 5.74) is 0.397. The molecule has 3 heterocycles. The first-order valence-corrected chi connectivity index (χ1v) is 7.36. The highest BCUT2D eigenvalue weighted by atomic mass is 19.3. The van der Waals surface area contributed by atoms with Gasteiger partial charge in [-0.1, -0.05) is 6.07 Å². The normalized spacial score (nSPS) is 32.6. The van der Waals surface area contributed by atoms with E-state index in [-0.39, 0.29) is 18.5 Å². The molecule has 1 aromatic heterocycles. The van der Waals surface area contributed by atoms with Crippen LogP contribution in [-0.2, 0) is 4.79 Å². The molecule has 2 saturated heterocycles. The smallest absolute Gasteiger partial charge is 0.259 e. The minimum absolute atomic E-state index is 0.0705. The van der Waals surface area contributed by atoms with Gasteiger partial charge in [0.15, 0.2) is 0 Å². The van der Waals surface area contributed by atoms with Crippen LogP contribution in [0.4, 0.5) is 8.78 Å². The Hall–Kier alpha value is -1.52. The Labute approximate surface area is 123 Å². The fourth-order valence-corrected chi connectivity index (χ4v) is 3.69. The molecule has 3 nitrogen and oxygen atoms in total. The third kappa shape index (κ3) is 2.05. The maximum atomic E-state index is 13.9. The van der Waals surface area contributed by atoms with E-state index in [4.69, 9.17) is 0 Å². The van der Waals surface area contributed by atoms with Crippen LogP contribution in [0.25, 0.3) is 0 Å². The molecule has 2 aliphatic heterocycles. The van der Waals surface area contributed by atoms with Crippen molar-refractivity contribution in [2.45, 2.75) is 58.0 Å². The summed E-state index contributed by atoms with van der Waals surface area (Å²) in [5.74, 6) is -3.41. The first-order valence-electron chi connectivity index (χ1n) is 7.36. The first kappa shape index (κ1) is 14.4. The number of halogens is 2. The lowest BCUT2D eigenvalue weighted by Crippen LogP contribution is -2.44. The number of nitrogens with zero attached hydrogens (tertiary/aromatic N) is 2. The number of carbonyl (C=O) groups excluding carboxylic acids is 1. The summed E-state index contributed by atoms with van der Waals surface area (Å²) in [5, 5.41) is 0. The summed E-state index contributed by atoms with van der Waals surface area (Å²) in [6.45, 7) is 4.20. The van der Waals surface area contributed by atoms with Gasteiger partial charge in [0.1, 0.15) is 5.41 Å². The minimum atomic E-state index is -3.00. The number of fused-ring (bicyclic) bond motifs is 1. The van der Waals surface area contributed by atoms with Crippen molar-refractivity contribution >= 4 is 5.91 Å². The van der Waals surface area contributed by atoms with Gasteiger partial charge in [-0.05, 0) is 44.2 Å². The molecule has 0 unspecified atom stereocenters. The highest BCUT2D eigenvalue weighted by molar-refractivity contribution is 5.87. The van der Waals surface area contributed by atoms with E-state index in [2.05, 4.69) is 4.98 Å². The Bertz CT molecular complexity index is 584.